The van der Waals surface area contributed by atoms with Crippen LogP contribution >= 0.6 is 27.7 Å². The molecule has 3 atom stereocenters. The van der Waals surface area contributed by atoms with Crippen molar-refractivity contribution in [3.63, 3.8) is 0 Å². The third-order valence-corrected chi connectivity index (χ3v) is 9.42. The summed E-state index contributed by atoms with van der Waals surface area (Å²) in [4.78, 5) is 54.9. The fourth-order valence-electron chi connectivity index (χ4n) is 4.81. The van der Waals surface area contributed by atoms with Gasteiger partial charge in [-0.1, -0.05) is 34.1 Å². The van der Waals surface area contributed by atoms with Gasteiger partial charge in [0.2, 0.25) is 0 Å². The van der Waals surface area contributed by atoms with Crippen LogP contribution in [0.5, 0.6) is 0 Å². The minimum atomic E-state index is -1.38. The van der Waals surface area contributed by atoms with E-state index in [9.17, 15) is 24.5 Å². The molecular weight excluding hydrogens is 604 g/mol. The van der Waals surface area contributed by atoms with Crippen LogP contribution in [0.4, 0.5) is 5.69 Å². The number of halogens is 1. The van der Waals surface area contributed by atoms with E-state index in [1.165, 1.54) is 53.3 Å². The number of rotatable bonds is 7. The zero-order chi connectivity index (χ0) is 28.2. The van der Waals surface area contributed by atoms with Gasteiger partial charge in [0.1, 0.15) is 29.0 Å². The molecule has 1 amide bonds. The molecule has 2 aliphatic rings. The number of carbonyl (C=O) groups excluding carboxylic acids is 3. The number of benzene rings is 2. The molecule has 0 bridgehead atoms. The van der Waals surface area contributed by atoms with Gasteiger partial charge in [-0.2, -0.15) is 0 Å². The number of fused-ring (bicyclic) bond motifs is 4. The molecule has 2 aliphatic heterocycles. The number of ether oxygens (including phenoxy) is 2. The van der Waals surface area contributed by atoms with E-state index in [4.69, 9.17) is 9.47 Å². The zero-order valence-electron chi connectivity index (χ0n) is 20.7. The van der Waals surface area contributed by atoms with Gasteiger partial charge < -0.3 is 9.47 Å². The van der Waals surface area contributed by atoms with E-state index in [0.717, 1.165) is 10.9 Å². The number of β-lactam (4-membered cyclic amide) rings is 1. The van der Waals surface area contributed by atoms with Crippen LogP contribution in [0.1, 0.15) is 24.3 Å². The number of non-ortho nitro benzene ring substituents is 1. The first-order valence-electron chi connectivity index (χ1n) is 12.0. The predicted molar refractivity (Wildman–Crippen MR) is 148 cm³/mol. The van der Waals surface area contributed by atoms with Gasteiger partial charge in [0, 0.05) is 30.7 Å². The van der Waals surface area contributed by atoms with Crippen molar-refractivity contribution in [2.24, 2.45) is 0 Å². The summed E-state index contributed by atoms with van der Waals surface area (Å²) in [7, 11) is 0. The third kappa shape index (κ3) is 4.12. The molecule has 0 spiro atoms. The highest BCUT2D eigenvalue weighted by molar-refractivity contribution is 9.10. The summed E-state index contributed by atoms with van der Waals surface area (Å²) in [6, 6.07) is 17.2. The molecule has 1 unspecified atom stereocenters. The third-order valence-electron chi connectivity index (χ3n) is 6.73. The first kappa shape index (κ1) is 26.0. The standard InChI is InChI=1S/C27H19BrN4O7S/c1-15(33)39-23(19-12-30-20-5-3-2-4-17(20)8-11-22(30)29-19)27(28)25(35)31-21(14-40-26(27)31)24(34)38-13-16-6-9-18(10-7-16)32(36)37/h2-12,14,23,26H,13H2,1H3/t23?,26-,27-/m0/s1. The van der Waals surface area contributed by atoms with E-state index in [1.54, 1.807) is 6.20 Å². The van der Waals surface area contributed by atoms with Gasteiger partial charge in [0.25, 0.3) is 11.6 Å². The molecule has 0 N–H and O–H groups in total. The Morgan fingerprint density at radius 3 is 2.65 bits per heavy atom. The van der Waals surface area contributed by atoms with Gasteiger partial charge in [-0.3, -0.25) is 29.0 Å². The Labute approximate surface area is 239 Å². The molecule has 13 heteroatoms. The highest BCUT2D eigenvalue weighted by atomic mass is 79.9. The number of hydrogen-bond acceptors (Lipinski definition) is 9. The predicted octanol–water partition coefficient (Wildman–Crippen LogP) is 4.63. The molecule has 1 saturated heterocycles. The second kappa shape index (κ2) is 9.75. The van der Waals surface area contributed by atoms with Crippen LogP contribution < -0.4 is 0 Å². The van der Waals surface area contributed by atoms with E-state index in [2.05, 4.69) is 20.9 Å². The molecule has 4 aromatic rings. The van der Waals surface area contributed by atoms with E-state index in [-0.39, 0.29) is 18.0 Å². The second-order valence-corrected chi connectivity index (χ2v) is 11.5. The lowest BCUT2D eigenvalue weighted by Gasteiger charge is -2.51. The molecular formula is C27H19BrN4O7S. The van der Waals surface area contributed by atoms with Gasteiger partial charge in [-0.15, -0.1) is 11.8 Å². The molecule has 1 fully saturated rings. The lowest BCUT2D eigenvalue weighted by molar-refractivity contribution is -0.384. The lowest BCUT2D eigenvalue weighted by Crippen LogP contribution is -2.70. The summed E-state index contributed by atoms with van der Waals surface area (Å²) >= 11 is 4.79. The number of hydrogen-bond donors (Lipinski definition) is 0. The monoisotopic (exact) mass is 622 g/mol. The fraction of sp³-hybridized carbons (Fsp3) is 0.185. The number of imidazole rings is 1. The maximum absolute atomic E-state index is 13.6. The van der Waals surface area contributed by atoms with Crippen molar-refractivity contribution in [2.45, 2.75) is 29.3 Å². The average Bonchev–Trinajstić information content (AvgIpc) is 3.58. The summed E-state index contributed by atoms with van der Waals surface area (Å²) in [5.41, 5.74) is 2.44. The Morgan fingerprint density at radius 1 is 1.18 bits per heavy atom. The van der Waals surface area contributed by atoms with E-state index < -0.39 is 38.6 Å². The molecule has 0 saturated carbocycles. The Kier molecular flexibility index (Phi) is 6.34. The number of carbonyl (C=O) groups is 3. The fourth-order valence-corrected chi connectivity index (χ4v) is 7.08. The Balaban J connectivity index is 1.23. The molecule has 40 heavy (non-hydrogen) atoms. The molecule has 2 aromatic carbocycles. The van der Waals surface area contributed by atoms with Gasteiger partial charge in [0.15, 0.2) is 10.4 Å². The van der Waals surface area contributed by atoms with Crippen molar-refractivity contribution < 1.29 is 28.8 Å². The van der Waals surface area contributed by atoms with Gasteiger partial charge in [0.05, 0.1) is 10.4 Å². The van der Waals surface area contributed by atoms with Gasteiger partial charge >= 0.3 is 11.9 Å². The highest BCUT2D eigenvalue weighted by Crippen LogP contribution is 2.58. The first-order chi connectivity index (χ1) is 19.2. The lowest BCUT2D eigenvalue weighted by atomic mass is 9.89. The molecule has 6 rings (SSSR count). The van der Waals surface area contributed by atoms with Gasteiger partial charge in [-0.05, 0) is 41.3 Å². The highest BCUT2D eigenvalue weighted by Gasteiger charge is 2.69. The minimum Gasteiger partial charge on any atom is -0.456 e. The van der Waals surface area contributed by atoms with Crippen LogP contribution in [0.25, 0.3) is 16.6 Å². The number of nitro benzene ring substituents is 1. The molecule has 202 valence electrons. The van der Waals surface area contributed by atoms with Crippen LogP contribution in [-0.4, -0.2) is 46.8 Å². The number of nitro groups is 1. The van der Waals surface area contributed by atoms with E-state index in [1.807, 2.05) is 40.8 Å². The van der Waals surface area contributed by atoms with Crippen molar-refractivity contribution in [1.82, 2.24) is 14.3 Å². The number of esters is 2. The molecule has 0 aliphatic carbocycles. The van der Waals surface area contributed by atoms with Gasteiger partial charge in [-0.25, -0.2) is 9.78 Å². The largest absolute Gasteiger partial charge is 0.456 e. The topological polar surface area (TPSA) is 133 Å². The van der Waals surface area contributed by atoms with Crippen molar-refractivity contribution in [3.8, 4) is 0 Å². The van der Waals surface area contributed by atoms with Crippen LogP contribution in [0, 0.1) is 10.1 Å². The van der Waals surface area contributed by atoms with Crippen LogP contribution in [-0.2, 0) is 30.5 Å². The summed E-state index contributed by atoms with van der Waals surface area (Å²) < 4.78 is 11.5. The number of thioether (sulfide) groups is 1. The Bertz CT molecular complexity index is 1750. The van der Waals surface area contributed by atoms with Crippen molar-refractivity contribution in [3.05, 3.63) is 99.3 Å². The van der Waals surface area contributed by atoms with Crippen molar-refractivity contribution in [1.29, 1.82) is 0 Å². The number of amides is 1. The van der Waals surface area contributed by atoms with Crippen LogP contribution in [0.15, 0.2) is 78.0 Å². The molecule has 0 radical (unpaired) electrons. The molecule has 11 nitrogen and oxygen atoms in total. The SMILES string of the molecule is CC(=O)OC(c1cn2c(ccc3ccccc32)n1)[C@]1(Br)C(=O)N2C(C(=O)OCc3ccc([N+](=O)[O-])cc3)=CS[C@H]21. The first-order valence-corrected chi connectivity index (χ1v) is 13.7. The zero-order valence-corrected chi connectivity index (χ0v) is 23.1. The minimum absolute atomic E-state index is 0.0551. The smallest absolute Gasteiger partial charge is 0.355 e. The maximum atomic E-state index is 13.6. The number of aromatic nitrogens is 2. The van der Waals surface area contributed by atoms with Crippen LogP contribution in [0.3, 0.4) is 0 Å². The summed E-state index contributed by atoms with van der Waals surface area (Å²) in [6.45, 7) is 1.13. The summed E-state index contributed by atoms with van der Waals surface area (Å²) in [6.07, 6.45) is 0.671. The maximum Gasteiger partial charge on any atom is 0.355 e. The Morgan fingerprint density at radius 2 is 1.93 bits per heavy atom. The number of alkyl halides is 1. The number of nitrogens with zero attached hydrogens (tertiary/aromatic N) is 4. The summed E-state index contributed by atoms with van der Waals surface area (Å²) in [5.74, 6) is -1.79. The van der Waals surface area contributed by atoms with Crippen molar-refractivity contribution in [2.75, 3.05) is 0 Å². The van der Waals surface area contributed by atoms with Crippen LogP contribution in [0.2, 0.25) is 0 Å². The van der Waals surface area contributed by atoms with E-state index in [0.29, 0.717) is 16.9 Å². The quantitative estimate of drug-likeness (QED) is 0.0950. The summed E-state index contributed by atoms with van der Waals surface area (Å²) in [5, 5.41) is 12.8. The Hall–Kier alpha value is -4.23. The second-order valence-electron chi connectivity index (χ2n) is 9.21. The normalized spacial score (nSPS) is 20.6. The average molecular weight is 623 g/mol. The van der Waals surface area contributed by atoms with E-state index >= 15 is 0 Å². The molecule has 2 aromatic heterocycles. The van der Waals surface area contributed by atoms with Crippen molar-refractivity contribution >= 4 is 67.8 Å². The number of pyridine rings is 1. The molecule has 4 heterocycles. The number of para-hydroxylation sites is 1.